The highest BCUT2D eigenvalue weighted by molar-refractivity contribution is 9.10. The molecule has 0 atom stereocenters. The predicted octanol–water partition coefficient (Wildman–Crippen LogP) is 1.56. The van der Waals surface area contributed by atoms with Gasteiger partial charge in [0.2, 0.25) is 11.8 Å². The number of aromatic nitrogens is 2. The molecule has 5 nitrogen and oxygen atoms in total. The monoisotopic (exact) mass is 260 g/mol. The molecule has 0 saturated carbocycles. The summed E-state index contributed by atoms with van der Waals surface area (Å²) in [6.45, 7) is 4.74. The zero-order chi connectivity index (χ0) is 10.6. The second kappa shape index (κ2) is 5.11. The van der Waals surface area contributed by atoms with Crippen LogP contribution in [0.5, 0.6) is 5.88 Å². The Balaban J connectivity index is 2.73. The maximum Gasteiger partial charge on any atom is 0.240 e. The van der Waals surface area contributed by atoms with Crippen molar-refractivity contribution in [2.45, 2.75) is 13.8 Å². The van der Waals surface area contributed by atoms with Crippen LogP contribution >= 0.6 is 15.9 Å². The number of halogens is 1. The zero-order valence-electron chi connectivity index (χ0n) is 8.12. The van der Waals surface area contributed by atoms with Crippen molar-refractivity contribution in [3.05, 3.63) is 10.7 Å². The zero-order valence-corrected chi connectivity index (χ0v) is 9.71. The molecular weight excluding hydrogens is 248 g/mol. The first-order chi connectivity index (χ1) is 6.63. The fraction of sp³-hybridized carbons (Fsp3) is 0.500. The molecule has 0 unspecified atom stereocenters. The third kappa shape index (κ3) is 3.12. The van der Waals surface area contributed by atoms with Crippen molar-refractivity contribution < 1.29 is 4.74 Å². The lowest BCUT2D eigenvalue weighted by Gasteiger charge is -2.09. The van der Waals surface area contributed by atoms with Gasteiger partial charge in [-0.2, -0.15) is 4.98 Å². The van der Waals surface area contributed by atoms with Crippen molar-refractivity contribution in [3.8, 4) is 5.88 Å². The quantitative estimate of drug-likeness (QED) is 0.635. The largest absolute Gasteiger partial charge is 0.476 e. The maximum absolute atomic E-state index is 5.45. The number of nitrogens with two attached hydrogens (primary N) is 1. The van der Waals surface area contributed by atoms with Crippen LogP contribution in [0.3, 0.4) is 0 Å². The first-order valence-electron chi connectivity index (χ1n) is 4.25. The fourth-order valence-corrected chi connectivity index (χ4v) is 1.07. The lowest BCUT2D eigenvalue weighted by Crippen LogP contribution is -2.12. The van der Waals surface area contributed by atoms with Crippen molar-refractivity contribution in [3.63, 3.8) is 0 Å². The molecule has 1 aromatic rings. The molecule has 1 aromatic heterocycles. The number of hydrogen-bond donors (Lipinski definition) is 2. The van der Waals surface area contributed by atoms with E-state index < -0.39 is 0 Å². The molecule has 0 aliphatic carbocycles. The second-order valence-electron chi connectivity index (χ2n) is 3.20. The van der Waals surface area contributed by atoms with Crippen molar-refractivity contribution in [2.75, 3.05) is 12.0 Å². The summed E-state index contributed by atoms with van der Waals surface area (Å²) in [7, 11) is 0. The van der Waals surface area contributed by atoms with Gasteiger partial charge in [0.1, 0.15) is 0 Å². The van der Waals surface area contributed by atoms with Crippen molar-refractivity contribution in [2.24, 2.45) is 11.8 Å². The highest BCUT2D eigenvalue weighted by atomic mass is 79.9. The van der Waals surface area contributed by atoms with E-state index in [1.165, 1.54) is 0 Å². The van der Waals surface area contributed by atoms with Gasteiger partial charge in [-0.1, -0.05) is 13.8 Å². The van der Waals surface area contributed by atoms with Gasteiger partial charge < -0.3 is 4.74 Å². The number of hydrazine groups is 1. The van der Waals surface area contributed by atoms with E-state index in [2.05, 4.69) is 45.2 Å². The van der Waals surface area contributed by atoms with Crippen molar-refractivity contribution in [1.29, 1.82) is 0 Å². The van der Waals surface area contributed by atoms with Crippen LogP contribution in [0.2, 0.25) is 0 Å². The summed E-state index contributed by atoms with van der Waals surface area (Å²) in [5, 5.41) is 0. The Morgan fingerprint density at radius 1 is 1.64 bits per heavy atom. The molecule has 3 N–H and O–H groups in total. The van der Waals surface area contributed by atoms with E-state index in [1.54, 1.807) is 6.20 Å². The first-order valence-corrected chi connectivity index (χ1v) is 5.04. The molecule has 14 heavy (non-hydrogen) atoms. The first kappa shape index (κ1) is 11.2. The Hall–Kier alpha value is -0.880. The summed E-state index contributed by atoms with van der Waals surface area (Å²) in [4.78, 5) is 7.96. The van der Waals surface area contributed by atoms with Crippen LogP contribution in [0.1, 0.15) is 13.8 Å². The summed E-state index contributed by atoms with van der Waals surface area (Å²) < 4.78 is 6.17. The topological polar surface area (TPSA) is 73.1 Å². The summed E-state index contributed by atoms with van der Waals surface area (Å²) in [5.74, 6) is 6.47. The average molecular weight is 261 g/mol. The summed E-state index contributed by atoms with van der Waals surface area (Å²) in [6, 6.07) is 0. The standard InChI is InChI=1S/C8H13BrN4O/c1-5(2)4-14-7-6(9)3-11-8(12-7)13-10/h3,5H,4,10H2,1-2H3,(H,11,12,13). The van der Waals surface area contributed by atoms with Gasteiger partial charge in [-0.15, -0.1) is 0 Å². The SMILES string of the molecule is CC(C)COc1nc(NN)ncc1Br. The van der Waals surface area contributed by atoms with Crippen LogP contribution in [-0.2, 0) is 0 Å². The molecule has 0 aliphatic rings. The van der Waals surface area contributed by atoms with E-state index in [-0.39, 0.29) is 0 Å². The van der Waals surface area contributed by atoms with E-state index in [9.17, 15) is 0 Å². The lowest BCUT2D eigenvalue weighted by atomic mass is 10.2. The molecular formula is C8H13BrN4O. The van der Waals surface area contributed by atoms with Crippen LogP contribution < -0.4 is 16.0 Å². The van der Waals surface area contributed by atoms with Gasteiger partial charge in [0.15, 0.2) is 0 Å². The van der Waals surface area contributed by atoms with Crippen molar-refractivity contribution in [1.82, 2.24) is 9.97 Å². The van der Waals surface area contributed by atoms with E-state index >= 15 is 0 Å². The number of nitrogens with zero attached hydrogens (tertiary/aromatic N) is 2. The van der Waals surface area contributed by atoms with Gasteiger partial charge in [0.05, 0.1) is 17.3 Å². The molecule has 0 aliphatic heterocycles. The molecule has 1 rings (SSSR count). The minimum Gasteiger partial charge on any atom is -0.476 e. The highest BCUT2D eigenvalue weighted by Gasteiger charge is 2.06. The van der Waals surface area contributed by atoms with Crippen LogP contribution in [0, 0.1) is 5.92 Å². The van der Waals surface area contributed by atoms with Crippen molar-refractivity contribution >= 4 is 21.9 Å². The Kier molecular flexibility index (Phi) is 4.09. The van der Waals surface area contributed by atoms with E-state index in [0.717, 1.165) is 4.47 Å². The molecule has 0 amide bonds. The maximum atomic E-state index is 5.45. The van der Waals surface area contributed by atoms with Gasteiger partial charge >= 0.3 is 0 Å². The number of nitrogen functional groups attached to an aromatic ring is 1. The highest BCUT2D eigenvalue weighted by Crippen LogP contribution is 2.22. The van der Waals surface area contributed by atoms with Gasteiger partial charge in [-0.25, -0.2) is 10.8 Å². The third-order valence-corrected chi connectivity index (χ3v) is 1.94. The Labute approximate surface area is 91.2 Å². The smallest absolute Gasteiger partial charge is 0.240 e. The van der Waals surface area contributed by atoms with Crippen LogP contribution in [0.25, 0.3) is 0 Å². The molecule has 0 radical (unpaired) electrons. The molecule has 1 heterocycles. The minimum atomic E-state index is 0.340. The minimum absolute atomic E-state index is 0.340. The number of nitrogens with one attached hydrogen (secondary N) is 1. The van der Waals surface area contributed by atoms with E-state index in [1.807, 2.05) is 0 Å². The molecule has 6 heteroatoms. The van der Waals surface area contributed by atoms with Gasteiger partial charge in [-0.3, -0.25) is 5.43 Å². The Bertz CT molecular complexity index is 305. The molecule has 0 spiro atoms. The van der Waals surface area contributed by atoms with E-state index in [0.29, 0.717) is 24.4 Å². The second-order valence-corrected chi connectivity index (χ2v) is 4.05. The Morgan fingerprint density at radius 2 is 2.36 bits per heavy atom. The van der Waals surface area contributed by atoms with Crippen LogP contribution in [0.4, 0.5) is 5.95 Å². The van der Waals surface area contributed by atoms with Gasteiger partial charge in [0, 0.05) is 0 Å². The van der Waals surface area contributed by atoms with Crippen LogP contribution in [0.15, 0.2) is 10.7 Å². The number of ether oxygens (including phenoxy) is 1. The van der Waals surface area contributed by atoms with E-state index in [4.69, 9.17) is 10.6 Å². The third-order valence-electron chi connectivity index (χ3n) is 1.39. The number of rotatable bonds is 4. The molecule has 0 bridgehead atoms. The van der Waals surface area contributed by atoms with Crippen LogP contribution in [-0.4, -0.2) is 16.6 Å². The summed E-state index contributed by atoms with van der Waals surface area (Å²) >= 11 is 3.29. The molecule has 78 valence electrons. The predicted molar refractivity (Wildman–Crippen MR) is 57.9 cm³/mol. The summed E-state index contributed by atoms with van der Waals surface area (Å²) in [6.07, 6.45) is 1.60. The Morgan fingerprint density at radius 3 is 2.93 bits per heavy atom. The van der Waals surface area contributed by atoms with Gasteiger partial charge in [0.25, 0.3) is 0 Å². The molecule has 0 fully saturated rings. The average Bonchev–Trinajstić information content (AvgIpc) is 2.16. The lowest BCUT2D eigenvalue weighted by molar-refractivity contribution is 0.259. The number of hydrogen-bond acceptors (Lipinski definition) is 5. The molecule has 0 saturated heterocycles. The number of anilines is 1. The summed E-state index contributed by atoms with van der Waals surface area (Å²) in [5.41, 5.74) is 2.36. The molecule has 0 aromatic carbocycles. The van der Waals surface area contributed by atoms with Gasteiger partial charge in [-0.05, 0) is 21.8 Å². The normalized spacial score (nSPS) is 10.4. The fourth-order valence-electron chi connectivity index (χ4n) is 0.768.